The number of imidazole rings is 1. The minimum atomic E-state index is -4.72. The number of hydrogen-bond acceptors (Lipinski definition) is 8. The Bertz CT molecular complexity index is 1800. The maximum absolute atomic E-state index is 14.1. The van der Waals surface area contributed by atoms with Gasteiger partial charge in [-0.25, -0.2) is 9.67 Å². The van der Waals surface area contributed by atoms with Crippen molar-refractivity contribution in [3.63, 3.8) is 0 Å². The average Bonchev–Trinajstić information content (AvgIpc) is 3.81. The number of alkyl halides is 3. The molecule has 2 N–H and O–H groups in total. The van der Waals surface area contributed by atoms with Crippen LogP contribution in [0.3, 0.4) is 0 Å². The smallest absolute Gasteiger partial charge is 0.374 e. The van der Waals surface area contributed by atoms with Crippen LogP contribution in [0.5, 0.6) is 0 Å². The third kappa shape index (κ3) is 5.06. The summed E-state index contributed by atoms with van der Waals surface area (Å²) in [6.07, 6.45) is 1.33. The van der Waals surface area contributed by atoms with Gasteiger partial charge in [0.25, 0.3) is 5.91 Å². The van der Waals surface area contributed by atoms with E-state index in [-0.39, 0.29) is 29.4 Å². The molecule has 43 heavy (non-hydrogen) atoms. The summed E-state index contributed by atoms with van der Waals surface area (Å²) in [4.78, 5) is 22.3. The Morgan fingerprint density at radius 2 is 1.72 bits per heavy atom. The molecule has 0 atom stereocenters. The van der Waals surface area contributed by atoms with Crippen molar-refractivity contribution >= 4 is 28.1 Å². The van der Waals surface area contributed by atoms with Gasteiger partial charge in [0.2, 0.25) is 5.13 Å². The van der Waals surface area contributed by atoms with Gasteiger partial charge in [-0.15, -0.1) is 10.2 Å². The third-order valence-electron chi connectivity index (χ3n) is 7.78. The van der Waals surface area contributed by atoms with E-state index in [0.29, 0.717) is 21.9 Å². The van der Waals surface area contributed by atoms with Crippen LogP contribution < -0.4 is 10.6 Å². The summed E-state index contributed by atoms with van der Waals surface area (Å²) >= 11 is 1.15. The van der Waals surface area contributed by atoms with E-state index in [2.05, 4.69) is 25.2 Å². The Morgan fingerprint density at radius 3 is 2.44 bits per heavy atom. The Labute approximate surface area is 248 Å². The van der Waals surface area contributed by atoms with E-state index in [4.69, 9.17) is 5.73 Å². The second-order valence-electron chi connectivity index (χ2n) is 10.5. The van der Waals surface area contributed by atoms with Crippen LogP contribution in [0, 0.1) is 0 Å². The molecule has 5 heterocycles. The van der Waals surface area contributed by atoms with E-state index >= 15 is 0 Å². The van der Waals surface area contributed by atoms with E-state index in [1.807, 2.05) is 35.0 Å². The first-order valence-electron chi connectivity index (χ1n) is 13.8. The molecular weight excluding hydrogens is 579 g/mol. The van der Waals surface area contributed by atoms with E-state index < -0.39 is 17.8 Å². The molecule has 3 aromatic heterocycles. The zero-order valence-electron chi connectivity index (χ0n) is 22.8. The van der Waals surface area contributed by atoms with Crippen LogP contribution in [-0.2, 0) is 19.1 Å². The molecule has 0 radical (unpaired) electrons. The fourth-order valence-electron chi connectivity index (χ4n) is 5.76. The molecule has 2 aliphatic rings. The van der Waals surface area contributed by atoms with Crippen LogP contribution in [0.15, 0.2) is 60.9 Å². The molecule has 5 aromatic rings. The van der Waals surface area contributed by atoms with Crippen molar-refractivity contribution in [2.75, 3.05) is 30.3 Å². The number of halogens is 3. The molecular formula is C29H26F3N9OS. The number of nitrogens with two attached hydrogens (primary N) is 1. The first kappa shape index (κ1) is 27.3. The molecule has 1 amide bonds. The normalized spacial score (nSPS) is 15.8. The number of carbonyl (C=O) groups excluding carboxylic acids is 1. The summed E-state index contributed by atoms with van der Waals surface area (Å²) in [6.45, 7) is 2.95. The molecule has 0 aliphatic carbocycles. The van der Waals surface area contributed by atoms with Crippen molar-refractivity contribution in [3.05, 3.63) is 83.7 Å². The molecule has 0 unspecified atom stereocenters. The number of nitrogen functional groups attached to an aromatic ring is 1. The lowest BCUT2D eigenvalue weighted by molar-refractivity contribution is -0.141. The van der Waals surface area contributed by atoms with Crippen LogP contribution in [0.2, 0.25) is 0 Å². The van der Waals surface area contributed by atoms with E-state index in [1.165, 1.54) is 17.7 Å². The number of anilines is 2. The molecule has 1 saturated heterocycles. The topological polar surface area (TPSA) is 111 Å². The highest BCUT2D eigenvalue weighted by Gasteiger charge is 2.43. The van der Waals surface area contributed by atoms with Gasteiger partial charge < -0.3 is 15.2 Å². The van der Waals surface area contributed by atoms with Crippen molar-refractivity contribution in [3.8, 4) is 21.9 Å². The number of hydrogen-bond donors (Lipinski definition) is 1. The number of rotatable bonds is 6. The zero-order chi connectivity index (χ0) is 29.7. The molecule has 7 rings (SSSR count). The molecule has 0 spiro atoms. The van der Waals surface area contributed by atoms with Gasteiger partial charge in [-0.1, -0.05) is 23.5 Å². The first-order chi connectivity index (χ1) is 20.8. The summed E-state index contributed by atoms with van der Waals surface area (Å²) in [6, 6.07) is 14.0. The lowest BCUT2D eigenvalue weighted by Crippen LogP contribution is -2.39. The van der Waals surface area contributed by atoms with Gasteiger partial charge in [0, 0.05) is 41.4 Å². The highest BCUT2D eigenvalue weighted by Crippen LogP contribution is 2.38. The van der Waals surface area contributed by atoms with Crippen LogP contribution in [0.1, 0.15) is 40.4 Å². The van der Waals surface area contributed by atoms with E-state index in [0.717, 1.165) is 47.2 Å². The monoisotopic (exact) mass is 605 g/mol. The van der Waals surface area contributed by atoms with Crippen molar-refractivity contribution in [2.45, 2.75) is 32.0 Å². The molecule has 2 aromatic carbocycles. The number of nitrogens with zero attached hydrogens (tertiary/aromatic N) is 8. The molecule has 0 bridgehead atoms. The highest BCUT2D eigenvalue weighted by molar-refractivity contribution is 7.18. The Morgan fingerprint density at radius 1 is 0.953 bits per heavy atom. The maximum atomic E-state index is 14.1. The van der Waals surface area contributed by atoms with Crippen molar-refractivity contribution in [2.24, 2.45) is 0 Å². The zero-order valence-corrected chi connectivity index (χ0v) is 23.6. The van der Waals surface area contributed by atoms with Crippen molar-refractivity contribution in [1.29, 1.82) is 0 Å². The number of amides is 1. The second-order valence-corrected chi connectivity index (χ2v) is 11.5. The lowest BCUT2D eigenvalue weighted by Gasteiger charge is -2.28. The van der Waals surface area contributed by atoms with E-state index in [1.54, 1.807) is 30.5 Å². The minimum Gasteiger partial charge on any atom is -0.374 e. The van der Waals surface area contributed by atoms with Crippen LogP contribution >= 0.6 is 11.3 Å². The van der Waals surface area contributed by atoms with Gasteiger partial charge >= 0.3 is 6.18 Å². The van der Waals surface area contributed by atoms with Crippen molar-refractivity contribution in [1.82, 2.24) is 34.4 Å². The van der Waals surface area contributed by atoms with Crippen LogP contribution in [0.25, 0.3) is 21.9 Å². The van der Waals surface area contributed by atoms with Gasteiger partial charge in [0.05, 0.1) is 12.2 Å². The van der Waals surface area contributed by atoms with Gasteiger partial charge in [-0.3, -0.25) is 9.69 Å². The van der Waals surface area contributed by atoms with Gasteiger partial charge in [-0.2, -0.15) is 18.3 Å². The molecule has 2 aliphatic heterocycles. The molecule has 0 saturated carbocycles. The second kappa shape index (κ2) is 10.6. The van der Waals surface area contributed by atoms with Gasteiger partial charge in [-0.05, 0) is 68.8 Å². The van der Waals surface area contributed by atoms with Crippen molar-refractivity contribution < 1.29 is 18.0 Å². The SMILES string of the molecule is Nc1nnc(-c2cccc(-n3nc(C(F)(F)F)c4c3C(=O)N(c3ccc(-n5ccnc5CN5CCCC5)cc3)CC4)c2)s1. The molecule has 220 valence electrons. The predicted octanol–water partition coefficient (Wildman–Crippen LogP) is 4.98. The fourth-order valence-corrected chi connectivity index (χ4v) is 6.37. The van der Waals surface area contributed by atoms with Gasteiger partial charge in [0.1, 0.15) is 16.5 Å². The summed E-state index contributed by atoms with van der Waals surface area (Å²) in [5.74, 6) is 0.371. The number of fused-ring (bicyclic) bond motifs is 1. The fraction of sp³-hybridized carbons (Fsp3) is 0.276. The summed E-state index contributed by atoms with van der Waals surface area (Å²) < 4.78 is 45.4. The van der Waals surface area contributed by atoms with Gasteiger partial charge in [0.15, 0.2) is 5.69 Å². The van der Waals surface area contributed by atoms with Crippen LogP contribution in [-0.4, -0.2) is 60.0 Å². The Kier molecular flexibility index (Phi) is 6.73. The number of aromatic nitrogens is 6. The summed E-state index contributed by atoms with van der Waals surface area (Å²) in [5, 5.41) is 12.5. The minimum absolute atomic E-state index is 0.00575. The highest BCUT2D eigenvalue weighted by atomic mass is 32.1. The predicted molar refractivity (Wildman–Crippen MR) is 155 cm³/mol. The Hall–Kier alpha value is -4.56. The number of benzene rings is 2. The Balaban J connectivity index is 1.22. The van der Waals surface area contributed by atoms with Crippen LogP contribution in [0.4, 0.5) is 24.0 Å². The number of likely N-dealkylation sites (tertiary alicyclic amines) is 1. The molecule has 1 fully saturated rings. The molecule has 14 heteroatoms. The number of carbonyl (C=O) groups is 1. The largest absolute Gasteiger partial charge is 0.435 e. The summed E-state index contributed by atoms with van der Waals surface area (Å²) in [7, 11) is 0. The average molecular weight is 606 g/mol. The standard InChI is InChI=1S/C29H26F3N9OS/c30-29(31,32)25-22-10-14-40(20-8-6-19(7-9-20)39-15-11-34-23(39)17-38-12-1-2-13-38)27(42)24(22)41(37-25)21-5-3-4-18(16-21)26-35-36-28(33)43-26/h3-9,11,15-16H,1-2,10,12-14,17H2,(H2,33,36). The third-order valence-corrected chi connectivity index (χ3v) is 8.59. The summed E-state index contributed by atoms with van der Waals surface area (Å²) in [5.41, 5.74) is 6.82. The lowest BCUT2D eigenvalue weighted by atomic mass is 10.0. The molecule has 10 nitrogen and oxygen atoms in total. The quantitative estimate of drug-likeness (QED) is 0.291. The first-order valence-corrected chi connectivity index (χ1v) is 14.6. The van der Waals surface area contributed by atoms with E-state index in [9.17, 15) is 18.0 Å². The maximum Gasteiger partial charge on any atom is 0.435 e.